The summed E-state index contributed by atoms with van der Waals surface area (Å²) in [5.41, 5.74) is -1.89. The van der Waals surface area contributed by atoms with Gasteiger partial charge in [-0.05, 0) is 6.92 Å². The number of ether oxygens (including phenoxy) is 1. The van der Waals surface area contributed by atoms with E-state index < -0.39 is 11.6 Å². The molecule has 0 radical (unpaired) electrons. The van der Waals surface area contributed by atoms with Crippen molar-refractivity contribution in [2.75, 3.05) is 0 Å². The van der Waals surface area contributed by atoms with E-state index in [1.807, 2.05) is 0 Å². The molecule has 0 aromatic carbocycles. The summed E-state index contributed by atoms with van der Waals surface area (Å²) in [4.78, 5) is 10.6. The van der Waals surface area contributed by atoms with Gasteiger partial charge in [-0.3, -0.25) is 0 Å². The second-order valence-electron chi connectivity index (χ2n) is 2.39. The minimum absolute atomic E-state index is 0.0718. The molecule has 4 nitrogen and oxygen atoms in total. The first-order valence-electron chi connectivity index (χ1n) is 2.93. The molecule has 4 heteroatoms. The van der Waals surface area contributed by atoms with Crippen molar-refractivity contribution in [3.8, 4) is 6.07 Å². The van der Waals surface area contributed by atoms with Gasteiger partial charge in [0.15, 0.2) is 0 Å². The van der Waals surface area contributed by atoms with E-state index in [-0.39, 0.29) is 12.5 Å². The molecule has 10 heavy (non-hydrogen) atoms. The third-order valence-electron chi connectivity index (χ3n) is 1.41. The van der Waals surface area contributed by atoms with E-state index >= 15 is 0 Å². The smallest absolute Gasteiger partial charge is 0.353 e. The Kier molecular flexibility index (Phi) is 1.38. The highest BCUT2D eigenvalue weighted by molar-refractivity contribution is 5.84. The average molecular weight is 141 g/mol. The predicted octanol–water partition coefficient (Wildman–Crippen LogP) is -0.424. The highest BCUT2D eigenvalue weighted by Crippen LogP contribution is 2.23. The van der Waals surface area contributed by atoms with Crippen LogP contribution in [0, 0.1) is 11.3 Å². The molecule has 1 rings (SSSR count). The summed E-state index contributed by atoms with van der Waals surface area (Å²) < 4.78 is 4.56. The van der Waals surface area contributed by atoms with Gasteiger partial charge in [0.1, 0.15) is 12.2 Å². The van der Waals surface area contributed by atoms with Gasteiger partial charge in [0, 0.05) is 6.42 Å². The van der Waals surface area contributed by atoms with Crippen LogP contribution in [0.4, 0.5) is 0 Å². The second kappa shape index (κ2) is 1.96. The number of carbonyl (C=O) groups excluding carboxylic acids is 1. The van der Waals surface area contributed by atoms with Gasteiger partial charge in [0.2, 0.25) is 0 Å². The Morgan fingerprint density at radius 2 is 2.60 bits per heavy atom. The Morgan fingerprint density at radius 1 is 2.00 bits per heavy atom. The number of rotatable bonds is 0. The molecule has 0 aliphatic carbocycles. The first-order valence-corrected chi connectivity index (χ1v) is 2.93. The van der Waals surface area contributed by atoms with Crippen molar-refractivity contribution in [1.29, 1.82) is 5.26 Å². The van der Waals surface area contributed by atoms with Crippen molar-refractivity contribution >= 4 is 5.97 Å². The molecule has 0 saturated carbocycles. The topological polar surface area (TPSA) is 70.3 Å². The molecule has 1 saturated heterocycles. The Hall–Kier alpha value is -1.08. The van der Waals surface area contributed by atoms with Gasteiger partial charge in [-0.1, -0.05) is 0 Å². The molecule has 0 aromatic rings. The van der Waals surface area contributed by atoms with E-state index in [9.17, 15) is 4.79 Å². The highest BCUT2D eigenvalue weighted by Gasteiger charge is 2.46. The van der Waals surface area contributed by atoms with Crippen LogP contribution >= 0.6 is 0 Å². The van der Waals surface area contributed by atoms with Crippen molar-refractivity contribution in [3.05, 3.63) is 0 Å². The van der Waals surface area contributed by atoms with Crippen LogP contribution in [-0.4, -0.2) is 22.8 Å². The summed E-state index contributed by atoms with van der Waals surface area (Å²) in [6.45, 7) is 1.63. The maximum Gasteiger partial charge on any atom is 0.353 e. The molecular weight excluding hydrogens is 134 g/mol. The Bertz CT molecular complexity index is 208. The highest BCUT2D eigenvalue weighted by atomic mass is 16.6. The molecule has 2 atom stereocenters. The Balaban J connectivity index is 2.83. The van der Waals surface area contributed by atoms with Crippen molar-refractivity contribution in [2.45, 2.75) is 25.0 Å². The molecule has 1 heterocycles. The number of nitrogens with zero attached hydrogens (tertiary/aromatic N) is 1. The number of hydrogen-bond donors (Lipinski definition) is 1. The number of carbonyl (C=O) groups is 1. The Morgan fingerprint density at radius 3 is 2.80 bits per heavy atom. The van der Waals surface area contributed by atoms with E-state index in [4.69, 9.17) is 10.4 Å². The number of esters is 1. The molecule has 0 bridgehead atoms. The van der Waals surface area contributed by atoms with Gasteiger partial charge in [-0.15, -0.1) is 0 Å². The van der Waals surface area contributed by atoms with Crippen molar-refractivity contribution in [2.24, 2.45) is 0 Å². The van der Waals surface area contributed by atoms with E-state index in [1.54, 1.807) is 6.92 Å². The maximum atomic E-state index is 10.6. The summed E-state index contributed by atoms with van der Waals surface area (Å²) in [7, 11) is 0. The number of cyclic esters (lactones) is 1. The van der Waals surface area contributed by atoms with Gasteiger partial charge >= 0.3 is 5.97 Å². The molecule has 2 unspecified atom stereocenters. The summed E-state index contributed by atoms with van der Waals surface area (Å²) in [6, 6.07) is 1.50. The van der Waals surface area contributed by atoms with Crippen LogP contribution in [0.2, 0.25) is 0 Å². The fourth-order valence-electron chi connectivity index (χ4n) is 0.913. The molecule has 0 aromatic heterocycles. The van der Waals surface area contributed by atoms with E-state index in [0.29, 0.717) is 0 Å². The molecule has 54 valence electrons. The molecule has 1 aliphatic rings. The Labute approximate surface area is 58.0 Å². The maximum absolute atomic E-state index is 10.6. The van der Waals surface area contributed by atoms with Gasteiger partial charge in [-0.25, -0.2) is 4.79 Å². The van der Waals surface area contributed by atoms with Gasteiger partial charge in [0.05, 0.1) is 0 Å². The molecule has 0 amide bonds. The zero-order valence-corrected chi connectivity index (χ0v) is 5.50. The van der Waals surface area contributed by atoms with Gasteiger partial charge in [0.25, 0.3) is 5.60 Å². The lowest BCUT2D eigenvalue weighted by Crippen LogP contribution is -2.31. The molecule has 1 N–H and O–H groups in total. The normalized spacial score (nSPS) is 38.9. The van der Waals surface area contributed by atoms with Crippen LogP contribution in [0.1, 0.15) is 13.3 Å². The number of aliphatic hydroxyl groups is 1. The lowest BCUT2D eigenvalue weighted by Gasteiger charge is -2.03. The first-order chi connectivity index (χ1) is 4.58. The van der Waals surface area contributed by atoms with Crippen LogP contribution in [0.3, 0.4) is 0 Å². The lowest BCUT2D eigenvalue weighted by molar-refractivity contribution is -0.150. The average Bonchev–Trinajstić information content (AvgIpc) is 2.09. The van der Waals surface area contributed by atoms with Crippen LogP contribution in [0.5, 0.6) is 0 Å². The van der Waals surface area contributed by atoms with Crippen molar-refractivity contribution < 1.29 is 14.6 Å². The summed E-state index contributed by atoms with van der Waals surface area (Å²) in [5.74, 6) is -0.831. The van der Waals surface area contributed by atoms with Crippen LogP contribution in [-0.2, 0) is 9.53 Å². The minimum Gasteiger partial charge on any atom is -0.460 e. The second-order valence-corrected chi connectivity index (χ2v) is 2.39. The number of nitriles is 1. The van der Waals surface area contributed by atoms with Gasteiger partial charge in [-0.2, -0.15) is 5.26 Å². The van der Waals surface area contributed by atoms with Crippen LogP contribution in [0.25, 0.3) is 0 Å². The molecule has 1 fully saturated rings. The third-order valence-corrected chi connectivity index (χ3v) is 1.41. The zero-order valence-electron chi connectivity index (χ0n) is 5.50. The summed E-state index contributed by atoms with van der Waals surface area (Å²) >= 11 is 0. The zero-order chi connectivity index (χ0) is 7.78. The molecule has 0 spiro atoms. The standard InChI is InChI=1S/C6H7NO3/c1-4-2-6(9,3-7)5(8)10-4/h4,9H,2H2,1H3. The van der Waals surface area contributed by atoms with E-state index in [2.05, 4.69) is 4.74 Å². The largest absolute Gasteiger partial charge is 0.460 e. The lowest BCUT2D eigenvalue weighted by atomic mass is 10.0. The molecular formula is C6H7NO3. The fraction of sp³-hybridized carbons (Fsp3) is 0.667. The van der Waals surface area contributed by atoms with Crippen molar-refractivity contribution in [1.82, 2.24) is 0 Å². The fourth-order valence-corrected chi connectivity index (χ4v) is 0.913. The van der Waals surface area contributed by atoms with E-state index in [0.717, 1.165) is 0 Å². The van der Waals surface area contributed by atoms with E-state index in [1.165, 1.54) is 6.07 Å². The van der Waals surface area contributed by atoms with Gasteiger partial charge < -0.3 is 9.84 Å². The van der Waals surface area contributed by atoms with Crippen molar-refractivity contribution in [3.63, 3.8) is 0 Å². The summed E-state index contributed by atoms with van der Waals surface area (Å²) in [5, 5.41) is 17.4. The first kappa shape index (κ1) is 7.03. The summed E-state index contributed by atoms with van der Waals surface area (Å²) in [6.07, 6.45) is -0.278. The molecule has 1 aliphatic heterocycles. The van der Waals surface area contributed by atoms with Crippen LogP contribution in [0.15, 0.2) is 0 Å². The number of hydrogen-bond acceptors (Lipinski definition) is 4. The predicted molar refractivity (Wildman–Crippen MR) is 30.7 cm³/mol. The third kappa shape index (κ3) is 0.847. The van der Waals surface area contributed by atoms with Crippen LogP contribution < -0.4 is 0 Å². The SMILES string of the molecule is CC1CC(O)(C#N)C(=O)O1. The quantitative estimate of drug-likeness (QED) is 0.367. The monoisotopic (exact) mass is 141 g/mol. The minimum atomic E-state index is -1.89.